The van der Waals surface area contributed by atoms with Gasteiger partial charge in [0, 0.05) is 19.7 Å². The number of nitrogens with one attached hydrogen (secondary N) is 1. The predicted octanol–water partition coefficient (Wildman–Crippen LogP) is 0.00730. The van der Waals surface area contributed by atoms with Crippen molar-refractivity contribution in [3.05, 3.63) is 0 Å². The molecule has 1 saturated heterocycles. The van der Waals surface area contributed by atoms with Gasteiger partial charge in [-0.2, -0.15) is 11.8 Å². The van der Waals surface area contributed by atoms with Crippen LogP contribution in [0.5, 0.6) is 0 Å². The number of piperidine rings is 1. The lowest BCUT2D eigenvalue weighted by molar-refractivity contribution is -0.135. The van der Waals surface area contributed by atoms with E-state index in [0.29, 0.717) is 19.5 Å². The van der Waals surface area contributed by atoms with Crippen molar-refractivity contribution in [2.24, 2.45) is 11.7 Å². The van der Waals surface area contributed by atoms with Gasteiger partial charge in [-0.1, -0.05) is 0 Å². The van der Waals surface area contributed by atoms with E-state index in [4.69, 9.17) is 5.73 Å². The Balaban J connectivity index is 2.60. The van der Waals surface area contributed by atoms with Crippen LogP contribution in [-0.2, 0) is 4.79 Å². The molecule has 1 aliphatic rings. The van der Waals surface area contributed by atoms with Crippen LogP contribution in [0.1, 0.15) is 19.3 Å². The largest absolute Gasteiger partial charge is 0.396 e. The van der Waals surface area contributed by atoms with Gasteiger partial charge < -0.3 is 21.1 Å². The van der Waals surface area contributed by atoms with Crippen LogP contribution in [0.4, 0.5) is 4.79 Å². The maximum Gasteiger partial charge on any atom is 0.312 e. The number of likely N-dealkylation sites (tertiary alicyclic amines) is 1. The Morgan fingerprint density at radius 2 is 2.32 bits per heavy atom. The Morgan fingerprint density at radius 1 is 1.58 bits per heavy atom. The van der Waals surface area contributed by atoms with E-state index in [2.05, 4.69) is 5.32 Å². The highest BCUT2D eigenvalue weighted by Gasteiger charge is 2.29. The minimum absolute atomic E-state index is 0.0917. The number of amides is 3. The van der Waals surface area contributed by atoms with Crippen LogP contribution >= 0.6 is 11.8 Å². The van der Waals surface area contributed by atoms with Crippen LogP contribution in [0.2, 0.25) is 0 Å². The molecule has 0 aromatic heterocycles. The highest BCUT2D eigenvalue weighted by atomic mass is 32.2. The summed E-state index contributed by atoms with van der Waals surface area (Å²) in [6.45, 7) is 1.35. The van der Waals surface area contributed by atoms with Crippen LogP contribution in [0, 0.1) is 5.92 Å². The van der Waals surface area contributed by atoms with Gasteiger partial charge in [0.05, 0.1) is 0 Å². The maximum absolute atomic E-state index is 12.4. The number of thioether (sulfide) groups is 1. The number of rotatable bonds is 6. The molecule has 1 aliphatic heterocycles. The molecular weight excluding hydrogens is 266 g/mol. The van der Waals surface area contributed by atoms with Gasteiger partial charge in [-0.25, -0.2) is 4.79 Å². The zero-order chi connectivity index (χ0) is 14.3. The van der Waals surface area contributed by atoms with Crippen molar-refractivity contribution in [1.82, 2.24) is 10.2 Å². The predicted molar refractivity (Wildman–Crippen MR) is 75.9 cm³/mol. The molecular formula is C12H23N3O3S. The summed E-state index contributed by atoms with van der Waals surface area (Å²) in [6, 6.07) is -1.22. The zero-order valence-corrected chi connectivity index (χ0v) is 12.1. The maximum atomic E-state index is 12.4. The molecule has 110 valence electrons. The molecule has 1 heterocycles. The van der Waals surface area contributed by atoms with Crippen molar-refractivity contribution in [3.8, 4) is 0 Å². The van der Waals surface area contributed by atoms with Gasteiger partial charge in [0.15, 0.2) is 0 Å². The van der Waals surface area contributed by atoms with Gasteiger partial charge in [0.1, 0.15) is 6.04 Å². The Bertz CT molecular complexity index is 315. The average Bonchev–Trinajstić information content (AvgIpc) is 2.42. The fraction of sp³-hybridized carbons (Fsp3) is 0.833. The highest BCUT2D eigenvalue weighted by molar-refractivity contribution is 7.98. The normalized spacial score (nSPS) is 20.9. The van der Waals surface area contributed by atoms with Gasteiger partial charge in [0.2, 0.25) is 5.91 Å². The standard InChI is InChI=1S/C12H23N3O3S/c1-19-6-4-10(14-12(13)18)11(17)15-5-2-3-9(7-15)8-16/h9-10,16H,2-8H2,1H3,(H3,13,14,18). The van der Waals surface area contributed by atoms with Crippen molar-refractivity contribution in [1.29, 1.82) is 0 Å². The van der Waals surface area contributed by atoms with Crippen molar-refractivity contribution in [2.45, 2.75) is 25.3 Å². The smallest absolute Gasteiger partial charge is 0.312 e. The number of nitrogens with two attached hydrogens (primary N) is 1. The summed E-state index contributed by atoms with van der Waals surface area (Å²) in [5.41, 5.74) is 5.12. The molecule has 19 heavy (non-hydrogen) atoms. The van der Waals surface area contributed by atoms with Crippen molar-refractivity contribution in [3.63, 3.8) is 0 Å². The summed E-state index contributed by atoms with van der Waals surface area (Å²) >= 11 is 1.62. The summed E-state index contributed by atoms with van der Waals surface area (Å²) in [4.78, 5) is 25.1. The monoisotopic (exact) mass is 289 g/mol. The van der Waals surface area contributed by atoms with E-state index in [1.54, 1.807) is 16.7 Å². The molecule has 0 saturated carbocycles. The van der Waals surface area contributed by atoms with Crippen LogP contribution < -0.4 is 11.1 Å². The number of hydrogen-bond donors (Lipinski definition) is 3. The lowest BCUT2D eigenvalue weighted by atomic mass is 9.98. The average molecular weight is 289 g/mol. The van der Waals surface area contributed by atoms with E-state index in [-0.39, 0.29) is 18.4 Å². The van der Waals surface area contributed by atoms with Gasteiger partial charge in [-0.05, 0) is 37.2 Å². The number of hydrogen-bond acceptors (Lipinski definition) is 4. The number of aliphatic hydroxyl groups is 1. The molecule has 3 amide bonds. The Hall–Kier alpha value is -0.950. The van der Waals surface area contributed by atoms with Crippen molar-refractivity contribution < 1.29 is 14.7 Å². The first-order chi connectivity index (χ1) is 9.08. The molecule has 0 spiro atoms. The Labute approximate surface area is 118 Å². The molecule has 2 atom stereocenters. The first-order valence-corrected chi connectivity index (χ1v) is 7.92. The van der Waals surface area contributed by atoms with E-state index < -0.39 is 12.1 Å². The van der Waals surface area contributed by atoms with E-state index in [0.717, 1.165) is 18.6 Å². The number of nitrogens with zero attached hydrogens (tertiary/aromatic N) is 1. The fourth-order valence-corrected chi connectivity index (χ4v) is 2.77. The van der Waals surface area contributed by atoms with Gasteiger partial charge >= 0.3 is 6.03 Å². The third-order valence-corrected chi connectivity index (χ3v) is 3.96. The molecule has 7 heteroatoms. The first kappa shape index (κ1) is 16.1. The van der Waals surface area contributed by atoms with E-state index in [1.165, 1.54) is 0 Å². The molecule has 1 fully saturated rings. The minimum Gasteiger partial charge on any atom is -0.396 e. The summed E-state index contributed by atoms with van der Waals surface area (Å²) < 4.78 is 0. The van der Waals surface area contributed by atoms with Crippen molar-refractivity contribution in [2.75, 3.05) is 31.7 Å². The van der Waals surface area contributed by atoms with E-state index in [1.807, 2.05) is 6.26 Å². The lowest BCUT2D eigenvalue weighted by Crippen LogP contribution is -2.52. The number of urea groups is 1. The van der Waals surface area contributed by atoms with Gasteiger partial charge in [-0.3, -0.25) is 4.79 Å². The van der Waals surface area contributed by atoms with Crippen LogP contribution in [-0.4, -0.2) is 59.7 Å². The second-order valence-corrected chi connectivity index (χ2v) is 5.80. The number of primary amides is 1. The quantitative estimate of drug-likeness (QED) is 0.642. The molecule has 1 rings (SSSR count). The second kappa shape index (κ2) is 8.27. The molecule has 2 unspecified atom stereocenters. The Morgan fingerprint density at radius 3 is 2.89 bits per heavy atom. The van der Waals surface area contributed by atoms with Crippen molar-refractivity contribution >= 4 is 23.7 Å². The van der Waals surface area contributed by atoms with E-state index in [9.17, 15) is 14.7 Å². The summed E-state index contributed by atoms with van der Waals surface area (Å²) in [6.07, 6.45) is 4.36. The van der Waals surface area contributed by atoms with E-state index >= 15 is 0 Å². The molecule has 6 nitrogen and oxygen atoms in total. The zero-order valence-electron chi connectivity index (χ0n) is 11.3. The number of carbonyl (C=O) groups excluding carboxylic acids is 2. The third-order valence-electron chi connectivity index (χ3n) is 3.31. The Kier molecular flexibility index (Phi) is 7.01. The van der Waals surface area contributed by atoms with Crippen LogP contribution in [0.15, 0.2) is 0 Å². The highest BCUT2D eigenvalue weighted by Crippen LogP contribution is 2.17. The fourth-order valence-electron chi connectivity index (χ4n) is 2.30. The first-order valence-electron chi connectivity index (χ1n) is 6.53. The molecule has 0 radical (unpaired) electrons. The second-order valence-electron chi connectivity index (χ2n) is 4.82. The van der Waals surface area contributed by atoms with Crippen LogP contribution in [0.25, 0.3) is 0 Å². The summed E-state index contributed by atoms with van der Waals surface area (Å²) in [5, 5.41) is 11.7. The number of aliphatic hydroxyl groups excluding tert-OH is 1. The molecule has 0 aromatic carbocycles. The number of carbonyl (C=O) groups is 2. The van der Waals surface area contributed by atoms with Gasteiger partial charge in [0.25, 0.3) is 0 Å². The van der Waals surface area contributed by atoms with Crippen LogP contribution in [0.3, 0.4) is 0 Å². The lowest BCUT2D eigenvalue weighted by Gasteiger charge is -2.34. The molecule has 4 N–H and O–H groups in total. The minimum atomic E-state index is -0.671. The molecule has 0 bridgehead atoms. The topological polar surface area (TPSA) is 95.7 Å². The third kappa shape index (κ3) is 5.28. The SMILES string of the molecule is CSCCC(NC(N)=O)C(=O)N1CCCC(CO)C1. The van der Waals surface area contributed by atoms with Gasteiger partial charge in [-0.15, -0.1) is 0 Å². The molecule has 0 aliphatic carbocycles. The summed E-state index contributed by atoms with van der Waals surface area (Å²) in [7, 11) is 0. The molecule has 0 aromatic rings. The summed E-state index contributed by atoms with van der Waals surface area (Å²) in [5.74, 6) is 0.840.